The lowest BCUT2D eigenvalue weighted by atomic mass is 9.89. The fraction of sp³-hybridized carbons (Fsp3) is 0.522. The average Bonchev–Trinajstić information content (AvgIpc) is 2.99. The zero-order valence-electron chi connectivity index (χ0n) is 17.5. The summed E-state index contributed by atoms with van der Waals surface area (Å²) in [5.74, 6) is -1.55. The molecule has 0 spiro atoms. The molecule has 1 aromatic rings. The fourth-order valence-electron chi connectivity index (χ4n) is 3.70. The number of carbonyl (C=O) groups is 1. The van der Waals surface area contributed by atoms with Gasteiger partial charge >= 0.3 is 12.1 Å². The van der Waals surface area contributed by atoms with Crippen molar-refractivity contribution in [2.75, 3.05) is 6.61 Å². The number of aliphatic hydroxyl groups is 3. The van der Waals surface area contributed by atoms with E-state index < -0.39 is 41.9 Å². The Morgan fingerprint density at radius 1 is 1.22 bits per heavy atom. The highest BCUT2D eigenvalue weighted by Gasteiger charge is 2.39. The van der Waals surface area contributed by atoms with Crippen molar-refractivity contribution >= 4 is 5.97 Å². The SMILES string of the molecule is O=C(O)CCC/C=C\C[C@H]1C(O)CC(O)[C@@H]1/C=C/C(O)COc1cccc(C(F)(F)F)c1. The molecule has 1 aliphatic rings. The maximum atomic E-state index is 12.8. The van der Waals surface area contributed by atoms with Crippen LogP contribution in [0, 0.1) is 11.8 Å². The van der Waals surface area contributed by atoms with Gasteiger partial charge in [0.15, 0.2) is 0 Å². The van der Waals surface area contributed by atoms with E-state index in [2.05, 4.69) is 0 Å². The van der Waals surface area contributed by atoms with E-state index in [1.54, 1.807) is 6.08 Å². The number of allylic oxidation sites excluding steroid dienone is 2. The second-order valence-corrected chi connectivity index (χ2v) is 7.89. The third-order valence-electron chi connectivity index (χ3n) is 5.39. The first kappa shape index (κ1) is 25.9. The van der Waals surface area contributed by atoms with Gasteiger partial charge in [-0.3, -0.25) is 4.79 Å². The van der Waals surface area contributed by atoms with Crippen molar-refractivity contribution in [1.82, 2.24) is 0 Å². The Balaban J connectivity index is 1.87. The smallest absolute Gasteiger partial charge is 0.416 e. The molecular weight excluding hydrogens is 429 g/mol. The van der Waals surface area contributed by atoms with Gasteiger partial charge in [0.05, 0.1) is 17.8 Å². The first-order valence-corrected chi connectivity index (χ1v) is 10.5. The van der Waals surface area contributed by atoms with E-state index in [-0.39, 0.29) is 31.1 Å². The molecule has 0 aromatic heterocycles. The van der Waals surface area contributed by atoms with Gasteiger partial charge in [0, 0.05) is 18.8 Å². The molecule has 4 N–H and O–H groups in total. The third kappa shape index (κ3) is 8.29. The molecule has 0 radical (unpaired) electrons. The summed E-state index contributed by atoms with van der Waals surface area (Å²) in [6.07, 6.45) is 1.48. The Labute approximate surface area is 184 Å². The minimum absolute atomic E-state index is 0.0190. The lowest BCUT2D eigenvalue weighted by Gasteiger charge is -2.19. The predicted octanol–water partition coefficient (Wildman–Crippen LogP) is 3.56. The summed E-state index contributed by atoms with van der Waals surface area (Å²) in [4.78, 5) is 10.5. The summed E-state index contributed by atoms with van der Waals surface area (Å²) in [6, 6.07) is 4.36. The number of rotatable bonds is 11. The van der Waals surface area contributed by atoms with Crippen molar-refractivity contribution in [3.05, 3.63) is 54.1 Å². The van der Waals surface area contributed by atoms with E-state index in [9.17, 15) is 33.3 Å². The van der Waals surface area contributed by atoms with Crippen molar-refractivity contribution in [3.8, 4) is 5.75 Å². The number of alkyl halides is 3. The van der Waals surface area contributed by atoms with Gasteiger partial charge in [-0.05, 0) is 43.4 Å². The van der Waals surface area contributed by atoms with Crippen LogP contribution in [-0.4, -0.2) is 51.3 Å². The molecule has 0 saturated heterocycles. The summed E-state index contributed by atoms with van der Waals surface area (Å²) < 4.78 is 43.5. The van der Waals surface area contributed by atoms with Gasteiger partial charge in [0.1, 0.15) is 18.5 Å². The van der Waals surface area contributed by atoms with Gasteiger partial charge in [-0.1, -0.05) is 30.4 Å². The van der Waals surface area contributed by atoms with Gasteiger partial charge in [0.25, 0.3) is 0 Å². The number of benzene rings is 1. The van der Waals surface area contributed by atoms with Crippen LogP contribution in [0.2, 0.25) is 0 Å². The van der Waals surface area contributed by atoms with Crippen molar-refractivity contribution in [3.63, 3.8) is 0 Å². The lowest BCUT2D eigenvalue weighted by molar-refractivity contribution is -0.138. The Morgan fingerprint density at radius 2 is 1.97 bits per heavy atom. The molecule has 0 bridgehead atoms. The minimum Gasteiger partial charge on any atom is -0.491 e. The molecular formula is C23H29F3O6. The predicted molar refractivity (Wildman–Crippen MR) is 111 cm³/mol. The summed E-state index contributed by atoms with van der Waals surface area (Å²) >= 11 is 0. The van der Waals surface area contributed by atoms with E-state index in [4.69, 9.17) is 9.84 Å². The monoisotopic (exact) mass is 458 g/mol. The number of aliphatic hydroxyl groups excluding tert-OH is 3. The van der Waals surface area contributed by atoms with Crippen LogP contribution >= 0.6 is 0 Å². The van der Waals surface area contributed by atoms with Gasteiger partial charge < -0.3 is 25.2 Å². The number of carboxylic acids is 1. The molecule has 2 rings (SSSR count). The molecule has 9 heteroatoms. The zero-order chi connectivity index (χ0) is 23.7. The molecule has 0 amide bonds. The van der Waals surface area contributed by atoms with E-state index >= 15 is 0 Å². The Bertz CT molecular complexity index is 792. The minimum atomic E-state index is -4.49. The summed E-state index contributed by atoms with van der Waals surface area (Å²) in [7, 11) is 0. The Hall–Kier alpha value is -2.36. The van der Waals surface area contributed by atoms with Crippen molar-refractivity contribution in [1.29, 1.82) is 0 Å². The first-order valence-electron chi connectivity index (χ1n) is 10.5. The number of carboxylic acid groups (broad SMARTS) is 1. The van der Waals surface area contributed by atoms with Crippen LogP contribution < -0.4 is 4.74 Å². The number of unbranched alkanes of at least 4 members (excludes halogenated alkanes) is 1. The third-order valence-corrected chi connectivity index (χ3v) is 5.39. The van der Waals surface area contributed by atoms with Crippen molar-refractivity contribution in [2.45, 2.75) is 56.6 Å². The summed E-state index contributed by atoms with van der Waals surface area (Å²) in [5.41, 5.74) is -0.845. The van der Waals surface area contributed by atoms with E-state index in [1.807, 2.05) is 12.2 Å². The summed E-state index contributed by atoms with van der Waals surface area (Å²) in [6.45, 7) is -0.267. The number of ether oxygens (including phenoxy) is 1. The molecule has 1 aromatic carbocycles. The van der Waals surface area contributed by atoms with Gasteiger partial charge in [-0.15, -0.1) is 0 Å². The second kappa shape index (κ2) is 12.0. The highest BCUT2D eigenvalue weighted by Crippen LogP contribution is 2.36. The Kier molecular flexibility index (Phi) is 9.74. The number of halogens is 3. The van der Waals surface area contributed by atoms with Crippen LogP contribution in [0.1, 0.15) is 37.7 Å². The molecule has 1 saturated carbocycles. The van der Waals surface area contributed by atoms with Crippen LogP contribution in [0.15, 0.2) is 48.6 Å². The highest BCUT2D eigenvalue weighted by molar-refractivity contribution is 5.66. The zero-order valence-corrected chi connectivity index (χ0v) is 17.5. The molecule has 3 unspecified atom stereocenters. The van der Waals surface area contributed by atoms with Gasteiger partial charge in [-0.25, -0.2) is 0 Å². The lowest BCUT2D eigenvalue weighted by Crippen LogP contribution is -2.21. The topological polar surface area (TPSA) is 107 Å². The molecule has 178 valence electrons. The summed E-state index contributed by atoms with van der Waals surface area (Å²) in [5, 5.41) is 39.2. The van der Waals surface area contributed by atoms with Crippen LogP contribution in [0.3, 0.4) is 0 Å². The van der Waals surface area contributed by atoms with Gasteiger partial charge in [-0.2, -0.15) is 13.2 Å². The van der Waals surface area contributed by atoms with E-state index in [1.165, 1.54) is 18.2 Å². The molecule has 0 heterocycles. The molecule has 32 heavy (non-hydrogen) atoms. The maximum absolute atomic E-state index is 12.8. The van der Waals surface area contributed by atoms with Gasteiger partial charge in [0.2, 0.25) is 0 Å². The van der Waals surface area contributed by atoms with E-state index in [0.717, 1.165) is 12.1 Å². The number of aliphatic carboxylic acids is 1. The fourth-order valence-corrected chi connectivity index (χ4v) is 3.70. The first-order chi connectivity index (χ1) is 15.1. The largest absolute Gasteiger partial charge is 0.491 e. The average molecular weight is 458 g/mol. The molecule has 1 fully saturated rings. The molecule has 0 aliphatic heterocycles. The Morgan fingerprint density at radius 3 is 2.66 bits per heavy atom. The van der Waals surface area contributed by atoms with Crippen LogP contribution in [0.4, 0.5) is 13.2 Å². The number of hydrogen-bond donors (Lipinski definition) is 4. The normalized spacial score (nSPS) is 24.9. The molecule has 5 atom stereocenters. The van der Waals surface area contributed by atoms with E-state index in [0.29, 0.717) is 19.3 Å². The quantitative estimate of drug-likeness (QED) is 0.298. The highest BCUT2D eigenvalue weighted by atomic mass is 19.4. The standard InChI is InChI=1S/C23H29F3O6/c24-23(25,26)15-6-5-7-17(12-15)32-14-16(27)10-11-19-18(20(28)13-21(19)29)8-3-1-2-4-9-22(30)31/h1,3,5-7,10-12,16,18-21,27-29H,2,4,8-9,13-14H2,(H,30,31)/b3-1-,11-10+/t16?,18-,19-,20?,21?/m1/s1. The maximum Gasteiger partial charge on any atom is 0.416 e. The van der Waals surface area contributed by atoms with Crippen molar-refractivity contribution < 1.29 is 43.1 Å². The van der Waals surface area contributed by atoms with Crippen LogP contribution in [-0.2, 0) is 11.0 Å². The molecule has 6 nitrogen and oxygen atoms in total. The second-order valence-electron chi connectivity index (χ2n) is 7.89. The van der Waals surface area contributed by atoms with Crippen LogP contribution in [0.25, 0.3) is 0 Å². The number of hydrogen-bond acceptors (Lipinski definition) is 5. The van der Waals surface area contributed by atoms with Crippen LogP contribution in [0.5, 0.6) is 5.75 Å². The molecule has 1 aliphatic carbocycles. The van der Waals surface area contributed by atoms with Crippen molar-refractivity contribution in [2.24, 2.45) is 11.8 Å².